The Balaban J connectivity index is 1.74. The second kappa shape index (κ2) is 6.11. The van der Waals surface area contributed by atoms with Gasteiger partial charge in [-0.05, 0) is 51.2 Å². The van der Waals surface area contributed by atoms with Gasteiger partial charge in [-0.15, -0.1) is 5.10 Å². The van der Waals surface area contributed by atoms with Crippen LogP contribution in [0.25, 0.3) is 11.0 Å². The molecule has 1 aliphatic carbocycles. The van der Waals surface area contributed by atoms with Gasteiger partial charge < -0.3 is 10.1 Å². The molecule has 0 aliphatic heterocycles. The molecule has 0 unspecified atom stereocenters. The van der Waals surface area contributed by atoms with Crippen molar-refractivity contribution >= 4 is 16.9 Å². The van der Waals surface area contributed by atoms with Crippen molar-refractivity contribution in [2.75, 3.05) is 6.61 Å². The van der Waals surface area contributed by atoms with E-state index in [1.54, 1.807) is 11.7 Å². The van der Waals surface area contributed by atoms with Crippen molar-refractivity contribution in [3.63, 3.8) is 0 Å². The zero-order chi connectivity index (χ0) is 17.3. The number of carbonyl (C=O) groups is 1. The van der Waals surface area contributed by atoms with Crippen molar-refractivity contribution in [1.29, 1.82) is 5.26 Å². The van der Waals surface area contributed by atoms with Crippen molar-refractivity contribution in [3.05, 3.63) is 17.3 Å². The molecule has 0 bridgehead atoms. The average Bonchev–Trinajstić information content (AvgIpc) is 3.11. The molecule has 126 valence electrons. The molecule has 3 rings (SSSR count). The summed E-state index contributed by atoms with van der Waals surface area (Å²) in [5.74, 6) is 0.0973. The van der Waals surface area contributed by atoms with Crippen molar-refractivity contribution in [1.82, 2.24) is 20.1 Å². The maximum atomic E-state index is 12.2. The molecular weight excluding hydrogens is 306 g/mol. The van der Waals surface area contributed by atoms with Gasteiger partial charge in [0.15, 0.2) is 12.3 Å². The van der Waals surface area contributed by atoms with Crippen molar-refractivity contribution < 1.29 is 9.53 Å². The molecule has 0 radical (unpaired) electrons. The summed E-state index contributed by atoms with van der Waals surface area (Å²) in [5.41, 5.74) is 1.91. The van der Waals surface area contributed by atoms with Crippen LogP contribution in [0, 0.1) is 25.2 Å². The number of nitrogens with one attached hydrogen (secondary N) is 1. The van der Waals surface area contributed by atoms with E-state index in [1.165, 1.54) is 0 Å². The number of aryl methyl sites for hydroxylation is 3. The molecule has 7 heteroatoms. The quantitative estimate of drug-likeness (QED) is 0.926. The summed E-state index contributed by atoms with van der Waals surface area (Å²) in [6.07, 6.45) is 3.32. The van der Waals surface area contributed by atoms with E-state index in [0.717, 1.165) is 35.1 Å². The van der Waals surface area contributed by atoms with Crippen molar-refractivity contribution in [2.24, 2.45) is 7.05 Å². The fourth-order valence-corrected chi connectivity index (χ4v) is 3.33. The molecule has 0 saturated heterocycles. The summed E-state index contributed by atoms with van der Waals surface area (Å²) in [6, 6.07) is 4.20. The predicted molar refractivity (Wildman–Crippen MR) is 88.4 cm³/mol. The van der Waals surface area contributed by atoms with Crippen LogP contribution in [0.3, 0.4) is 0 Å². The van der Waals surface area contributed by atoms with Gasteiger partial charge in [-0.1, -0.05) is 0 Å². The van der Waals surface area contributed by atoms with E-state index in [4.69, 9.17) is 4.74 Å². The fraction of sp³-hybridized carbons (Fsp3) is 0.529. The lowest BCUT2D eigenvalue weighted by Crippen LogP contribution is -2.47. The number of ether oxygens (including phenoxy) is 1. The van der Waals surface area contributed by atoms with Gasteiger partial charge in [0.25, 0.3) is 5.91 Å². The highest BCUT2D eigenvalue weighted by atomic mass is 16.5. The van der Waals surface area contributed by atoms with Gasteiger partial charge in [0.2, 0.25) is 5.88 Å². The number of nitriles is 1. The highest BCUT2D eigenvalue weighted by Gasteiger charge is 2.35. The Hall–Kier alpha value is -2.62. The number of rotatable bonds is 4. The summed E-state index contributed by atoms with van der Waals surface area (Å²) < 4.78 is 7.28. The summed E-state index contributed by atoms with van der Waals surface area (Å²) in [4.78, 5) is 16.6. The summed E-state index contributed by atoms with van der Waals surface area (Å²) in [6.45, 7) is 3.73. The highest BCUT2D eigenvalue weighted by Crippen LogP contribution is 2.29. The average molecular weight is 327 g/mol. The Bertz CT molecular complexity index is 828. The second-order valence-corrected chi connectivity index (χ2v) is 6.45. The number of nitrogens with zero attached hydrogens (tertiary/aromatic N) is 4. The molecule has 24 heavy (non-hydrogen) atoms. The number of amides is 1. The molecule has 0 aromatic carbocycles. The van der Waals surface area contributed by atoms with Crippen LogP contribution in [0.4, 0.5) is 0 Å². The number of aromatic nitrogens is 3. The van der Waals surface area contributed by atoms with Gasteiger partial charge in [0.05, 0.1) is 11.5 Å². The SMILES string of the molecule is Cc1cc(C)c2c(OCC(=O)NC3(C#N)CCCC3)nn(C)c2n1. The third-order valence-corrected chi connectivity index (χ3v) is 4.48. The number of hydrogen-bond acceptors (Lipinski definition) is 5. The Morgan fingerprint density at radius 2 is 2.17 bits per heavy atom. The zero-order valence-electron chi connectivity index (χ0n) is 14.2. The smallest absolute Gasteiger partial charge is 0.259 e. The maximum absolute atomic E-state index is 12.2. The molecule has 2 aromatic rings. The molecule has 0 spiro atoms. The van der Waals surface area contributed by atoms with Crippen LogP contribution in [-0.2, 0) is 11.8 Å². The first-order chi connectivity index (χ1) is 11.4. The van der Waals surface area contributed by atoms with Crippen LogP contribution < -0.4 is 10.1 Å². The standard InChI is InChI=1S/C17H21N5O2/c1-11-8-12(2)19-15-14(11)16(21-22(15)3)24-9-13(23)20-17(10-18)6-4-5-7-17/h8H,4-7,9H2,1-3H3,(H,20,23). The number of hydrogen-bond donors (Lipinski definition) is 1. The lowest BCUT2D eigenvalue weighted by atomic mass is 10.00. The molecule has 1 N–H and O–H groups in total. The van der Waals surface area contributed by atoms with Crippen LogP contribution in [0.1, 0.15) is 36.9 Å². The molecule has 2 heterocycles. The van der Waals surface area contributed by atoms with Crippen LogP contribution in [0.5, 0.6) is 5.88 Å². The minimum absolute atomic E-state index is 0.164. The highest BCUT2D eigenvalue weighted by molar-refractivity contribution is 5.86. The van der Waals surface area contributed by atoms with Crippen molar-refractivity contribution in [2.45, 2.75) is 45.1 Å². The first kappa shape index (κ1) is 16.2. The minimum Gasteiger partial charge on any atom is -0.466 e. The van der Waals surface area contributed by atoms with Gasteiger partial charge >= 0.3 is 0 Å². The maximum Gasteiger partial charge on any atom is 0.259 e. The monoisotopic (exact) mass is 327 g/mol. The number of pyridine rings is 1. The van der Waals surface area contributed by atoms with Crippen LogP contribution in [0.2, 0.25) is 0 Å². The van der Waals surface area contributed by atoms with Gasteiger partial charge in [-0.2, -0.15) is 5.26 Å². The Morgan fingerprint density at radius 1 is 1.46 bits per heavy atom. The van der Waals surface area contributed by atoms with E-state index >= 15 is 0 Å². The largest absolute Gasteiger partial charge is 0.466 e. The van der Waals surface area contributed by atoms with E-state index in [2.05, 4.69) is 21.5 Å². The molecular formula is C17H21N5O2. The van der Waals surface area contributed by atoms with Gasteiger partial charge in [0, 0.05) is 12.7 Å². The molecule has 1 saturated carbocycles. The summed E-state index contributed by atoms with van der Waals surface area (Å²) in [5, 5.41) is 17.3. The number of fused-ring (bicyclic) bond motifs is 1. The molecule has 1 fully saturated rings. The zero-order valence-corrected chi connectivity index (χ0v) is 14.2. The van der Waals surface area contributed by atoms with Gasteiger partial charge in [-0.3, -0.25) is 4.79 Å². The van der Waals surface area contributed by atoms with Gasteiger partial charge in [-0.25, -0.2) is 9.67 Å². The topological polar surface area (TPSA) is 92.8 Å². The Morgan fingerprint density at radius 3 is 2.83 bits per heavy atom. The first-order valence-corrected chi connectivity index (χ1v) is 8.10. The summed E-state index contributed by atoms with van der Waals surface area (Å²) >= 11 is 0. The Kier molecular flexibility index (Phi) is 4.14. The van der Waals surface area contributed by atoms with E-state index in [0.29, 0.717) is 18.7 Å². The summed E-state index contributed by atoms with van der Waals surface area (Å²) in [7, 11) is 1.80. The van der Waals surface area contributed by atoms with E-state index in [-0.39, 0.29) is 12.5 Å². The first-order valence-electron chi connectivity index (χ1n) is 8.10. The van der Waals surface area contributed by atoms with Crippen LogP contribution in [0.15, 0.2) is 6.07 Å². The van der Waals surface area contributed by atoms with Crippen LogP contribution in [-0.4, -0.2) is 32.8 Å². The molecule has 2 aromatic heterocycles. The second-order valence-electron chi connectivity index (χ2n) is 6.45. The third-order valence-electron chi connectivity index (χ3n) is 4.48. The molecule has 7 nitrogen and oxygen atoms in total. The molecule has 1 amide bonds. The third kappa shape index (κ3) is 2.92. The fourth-order valence-electron chi connectivity index (χ4n) is 3.33. The Labute approximate surface area is 140 Å². The van der Waals surface area contributed by atoms with E-state index in [1.807, 2.05) is 19.9 Å². The minimum atomic E-state index is -0.735. The van der Waals surface area contributed by atoms with E-state index < -0.39 is 5.54 Å². The van der Waals surface area contributed by atoms with E-state index in [9.17, 15) is 10.1 Å². The van der Waals surface area contributed by atoms with Crippen molar-refractivity contribution in [3.8, 4) is 11.9 Å². The lowest BCUT2D eigenvalue weighted by molar-refractivity contribution is -0.124. The number of carbonyl (C=O) groups excluding carboxylic acids is 1. The lowest BCUT2D eigenvalue weighted by Gasteiger charge is -2.21. The molecule has 0 atom stereocenters. The molecule has 1 aliphatic rings. The van der Waals surface area contributed by atoms with Gasteiger partial charge in [0.1, 0.15) is 5.54 Å². The normalized spacial score (nSPS) is 16.1. The van der Waals surface area contributed by atoms with Crippen LogP contribution >= 0.6 is 0 Å². The predicted octanol–water partition coefficient (Wildman–Crippen LogP) is 1.92.